The fourth-order valence-electron chi connectivity index (χ4n) is 1.34. The Bertz CT molecular complexity index is 377. The predicted octanol–water partition coefficient (Wildman–Crippen LogP) is 1.64. The average Bonchev–Trinajstić information content (AvgIpc) is 2.28. The van der Waals surface area contributed by atoms with Gasteiger partial charge in [-0.2, -0.15) is 0 Å². The van der Waals surface area contributed by atoms with Gasteiger partial charge in [0.15, 0.2) is 0 Å². The summed E-state index contributed by atoms with van der Waals surface area (Å²) in [5.74, 6) is -0.740. The van der Waals surface area contributed by atoms with Gasteiger partial charge in [0.2, 0.25) is 0 Å². The van der Waals surface area contributed by atoms with E-state index >= 15 is 0 Å². The van der Waals surface area contributed by atoms with E-state index in [2.05, 4.69) is 4.98 Å². The molecule has 0 fully saturated rings. The Morgan fingerprint density at radius 2 is 2.06 bits per heavy atom. The van der Waals surface area contributed by atoms with Gasteiger partial charge in [-0.25, -0.2) is 0 Å². The van der Waals surface area contributed by atoms with Crippen LogP contribution < -0.4 is 0 Å². The summed E-state index contributed by atoms with van der Waals surface area (Å²) in [4.78, 5) is 25.7. The van der Waals surface area contributed by atoms with Crippen molar-refractivity contribution < 1.29 is 19.1 Å². The van der Waals surface area contributed by atoms with Crippen LogP contribution in [-0.4, -0.2) is 23.5 Å². The Morgan fingerprint density at radius 3 is 2.59 bits per heavy atom. The highest BCUT2D eigenvalue weighted by Gasteiger charge is 2.16. The van der Waals surface area contributed by atoms with Crippen molar-refractivity contribution in [2.75, 3.05) is 6.61 Å². The van der Waals surface area contributed by atoms with Crippen LogP contribution >= 0.6 is 0 Å². The summed E-state index contributed by atoms with van der Waals surface area (Å²) in [7, 11) is 0. The lowest BCUT2D eigenvalue weighted by Crippen LogP contribution is -2.13. The molecule has 1 heterocycles. The highest BCUT2D eigenvalue weighted by atomic mass is 16.6. The minimum atomic E-state index is -0.479. The number of carbonyl (C=O) groups is 2. The molecular formula is C12H15NO4. The van der Waals surface area contributed by atoms with Gasteiger partial charge in [-0.1, -0.05) is 6.07 Å². The number of carbonyl (C=O) groups excluding carboxylic acids is 2. The van der Waals surface area contributed by atoms with Crippen LogP contribution in [0.4, 0.5) is 0 Å². The molecule has 0 N–H and O–H groups in total. The van der Waals surface area contributed by atoms with E-state index in [4.69, 9.17) is 9.47 Å². The SMILES string of the molecule is CC(=O)OCCC(OC(C)=O)c1ccccn1. The minimum Gasteiger partial charge on any atom is -0.466 e. The number of ether oxygens (including phenoxy) is 2. The van der Waals surface area contributed by atoms with Gasteiger partial charge in [0.25, 0.3) is 0 Å². The van der Waals surface area contributed by atoms with E-state index in [0.29, 0.717) is 12.1 Å². The van der Waals surface area contributed by atoms with E-state index in [1.54, 1.807) is 18.3 Å². The Kier molecular flexibility index (Phi) is 5.13. The molecule has 1 unspecified atom stereocenters. The lowest BCUT2D eigenvalue weighted by Gasteiger charge is -2.16. The summed E-state index contributed by atoms with van der Waals surface area (Å²) in [6.45, 7) is 2.87. The number of rotatable bonds is 5. The van der Waals surface area contributed by atoms with Crippen molar-refractivity contribution in [1.82, 2.24) is 4.98 Å². The monoisotopic (exact) mass is 237 g/mol. The Labute approximate surface area is 99.8 Å². The standard InChI is InChI=1S/C12H15NO4/c1-9(14)16-8-6-12(17-10(2)15)11-5-3-4-7-13-11/h3-5,7,12H,6,8H2,1-2H3. The van der Waals surface area contributed by atoms with E-state index in [1.165, 1.54) is 13.8 Å². The summed E-state index contributed by atoms with van der Waals surface area (Å²) in [6, 6.07) is 5.35. The fourth-order valence-corrected chi connectivity index (χ4v) is 1.34. The third-order valence-electron chi connectivity index (χ3n) is 2.01. The first-order chi connectivity index (χ1) is 8.09. The molecule has 0 saturated heterocycles. The van der Waals surface area contributed by atoms with Crippen LogP contribution in [0.5, 0.6) is 0 Å². The smallest absolute Gasteiger partial charge is 0.303 e. The van der Waals surface area contributed by atoms with E-state index in [9.17, 15) is 9.59 Å². The van der Waals surface area contributed by atoms with Gasteiger partial charge >= 0.3 is 11.9 Å². The maximum Gasteiger partial charge on any atom is 0.303 e. The van der Waals surface area contributed by atoms with Crippen LogP contribution in [0.3, 0.4) is 0 Å². The first-order valence-electron chi connectivity index (χ1n) is 5.31. The molecule has 0 radical (unpaired) electrons. The zero-order valence-electron chi connectivity index (χ0n) is 9.88. The van der Waals surface area contributed by atoms with Gasteiger partial charge in [-0.15, -0.1) is 0 Å². The molecule has 5 nitrogen and oxygen atoms in total. The number of hydrogen-bond acceptors (Lipinski definition) is 5. The molecule has 0 saturated carbocycles. The van der Waals surface area contributed by atoms with E-state index < -0.39 is 6.10 Å². The molecule has 1 atom stereocenters. The maximum atomic E-state index is 11.0. The minimum absolute atomic E-state index is 0.198. The van der Waals surface area contributed by atoms with Gasteiger partial charge in [0, 0.05) is 26.5 Å². The molecule has 17 heavy (non-hydrogen) atoms. The first kappa shape index (κ1) is 13.2. The molecule has 0 bridgehead atoms. The molecule has 0 aliphatic carbocycles. The van der Waals surface area contributed by atoms with E-state index in [1.807, 2.05) is 6.07 Å². The number of hydrogen-bond donors (Lipinski definition) is 0. The van der Waals surface area contributed by atoms with Crippen molar-refractivity contribution in [2.45, 2.75) is 26.4 Å². The highest BCUT2D eigenvalue weighted by Crippen LogP contribution is 2.19. The molecule has 1 aromatic heterocycles. The summed E-state index contributed by atoms with van der Waals surface area (Å²) < 4.78 is 9.94. The average molecular weight is 237 g/mol. The second kappa shape index (κ2) is 6.62. The Hall–Kier alpha value is -1.91. The van der Waals surface area contributed by atoms with Crippen molar-refractivity contribution in [3.63, 3.8) is 0 Å². The Balaban J connectivity index is 2.61. The predicted molar refractivity (Wildman–Crippen MR) is 60.0 cm³/mol. The van der Waals surface area contributed by atoms with Crippen molar-refractivity contribution >= 4 is 11.9 Å². The van der Waals surface area contributed by atoms with Crippen LogP contribution in [0, 0.1) is 0 Å². The molecule has 0 aromatic carbocycles. The number of pyridine rings is 1. The van der Waals surface area contributed by atoms with Gasteiger partial charge < -0.3 is 9.47 Å². The number of aromatic nitrogens is 1. The fraction of sp³-hybridized carbons (Fsp3) is 0.417. The van der Waals surface area contributed by atoms with Gasteiger partial charge in [-0.3, -0.25) is 14.6 Å². The Morgan fingerprint density at radius 1 is 1.29 bits per heavy atom. The van der Waals surface area contributed by atoms with E-state index in [-0.39, 0.29) is 18.5 Å². The summed E-state index contributed by atoms with van der Waals surface area (Å²) in [6.07, 6.45) is 1.54. The van der Waals surface area contributed by atoms with Gasteiger partial charge in [0.1, 0.15) is 6.10 Å². The molecule has 0 spiro atoms. The number of esters is 2. The molecular weight excluding hydrogens is 222 g/mol. The third kappa shape index (κ3) is 5.10. The quantitative estimate of drug-likeness (QED) is 0.728. The zero-order chi connectivity index (χ0) is 12.7. The van der Waals surface area contributed by atoms with Crippen molar-refractivity contribution in [2.24, 2.45) is 0 Å². The summed E-state index contributed by atoms with van der Waals surface area (Å²) in [5.41, 5.74) is 0.648. The van der Waals surface area contributed by atoms with E-state index in [0.717, 1.165) is 0 Å². The van der Waals surface area contributed by atoms with Gasteiger partial charge in [-0.05, 0) is 12.1 Å². The van der Waals surface area contributed by atoms with Crippen LogP contribution in [0.1, 0.15) is 32.1 Å². The zero-order valence-corrected chi connectivity index (χ0v) is 9.88. The molecule has 5 heteroatoms. The maximum absolute atomic E-state index is 11.0. The molecule has 92 valence electrons. The van der Waals surface area contributed by atoms with Crippen LogP contribution in [0.2, 0.25) is 0 Å². The topological polar surface area (TPSA) is 65.5 Å². The van der Waals surface area contributed by atoms with Gasteiger partial charge in [0.05, 0.1) is 12.3 Å². The summed E-state index contributed by atoms with van der Waals surface area (Å²) in [5, 5.41) is 0. The lowest BCUT2D eigenvalue weighted by atomic mass is 10.2. The number of nitrogens with zero attached hydrogens (tertiary/aromatic N) is 1. The van der Waals surface area contributed by atoms with Crippen molar-refractivity contribution in [3.05, 3.63) is 30.1 Å². The van der Waals surface area contributed by atoms with Crippen LogP contribution in [-0.2, 0) is 19.1 Å². The largest absolute Gasteiger partial charge is 0.466 e. The first-order valence-corrected chi connectivity index (χ1v) is 5.31. The second-order valence-corrected chi connectivity index (χ2v) is 3.48. The van der Waals surface area contributed by atoms with Crippen molar-refractivity contribution in [3.8, 4) is 0 Å². The van der Waals surface area contributed by atoms with Crippen LogP contribution in [0.15, 0.2) is 24.4 Å². The third-order valence-corrected chi connectivity index (χ3v) is 2.01. The molecule has 0 aliphatic heterocycles. The van der Waals surface area contributed by atoms with Crippen molar-refractivity contribution in [1.29, 1.82) is 0 Å². The van der Waals surface area contributed by atoms with Crippen LogP contribution in [0.25, 0.3) is 0 Å². The normalized spacial score (nSPS) is 11.6. The summed E-state index contributed by atoms with van der Waals surface area (Å²) >= 11 is 0. The second-order valence-electron chi connectivity index (χ2n) is 3.48. The highest BCUT2D eigenvalue weighted by molar-refractivity contribution is 5.66. The molecule has 1 rings (SSSR count). The molecule has 0 aliphatic rings. The molecule has 1 aromatic rings. The lowest BCUT2D eigenvalue weighted by molar-refractivity contribution is -0.149. The molecule has 0 amide bonds.